The van der Waals surface area contributed by atoms with E-state index in [1.807, 2.05) is 12.1 Å². The van der Waals surface area contributed by atoms with Crippen molar-refractivity contribution in [3.8, 4) is 0 Å². The van der Waals surface area contributed by atoms with Crippen LogP contribution < -0.4 is 10.2 Å². The van der Waals surface area contributed by atoms with Crippen LogP contribution in [0.1, 0.15) is 48.2 Å². The van der Waals surface area contributed by atoms with Gasteiger partial charge in [-0.2, -0.15) is 0 Å². The molecule has 7 heteroatoms. The summed E-state index contributed by atoms with van der Waals surface area (Å²) >= 11 is 6.15. The smallest absolute Gasteiger partial charge is 0.257 e. The molecule has 0 saturated carbocycles. The summed E-state index contributed by atoms with van der Waals surface area (Å²) in [7, 11) is 0. The van der Waals surface area contributed by atoms with Crippen LogP contribution in [0.15, 0.2) is 60.8 Å². The van der Waals surface area contributed by atoms with E-state index >= 15 is 0 Å². The third-order valence-electron chi connectivity index (χ3n) is 6.40. The Morgan fingerprint density at radius 3 is 2.51 bits per heavy atom. The fourth-order valence-corrected chi connectivity index (χ4v) is 4.57. The molecule has 1 aliphatic rings. The zero-order valence-electron chi connectivity index (χ0n) is 20.3. The molecule has 0 bridgehead atoms. The van der Waals surface area contributed by atoms with E-state index in [1.165, 1.54) is 16.9 Å². The number of aromatic nitrogens is 1. The summed E-state index contributed by atoms with van der Waals surface area (Å²) in [4.78, 5) is 34.8. The van der Waals surface area contributed by atoms with Gasteiger partial charge in [-0.1, -0.05) is 49.7 Å². The number of unbranched alkanes of at least 4 members (excludes halogenated alkanes) is 1. The van der Waals surface area contributed by atoms with Crippen LogP contribution in [-0.4, -0.2) is 41.3 Å². The SMILES string of the molecule is CCN(CC)CCCCc1ccc(CC(=O)N2c3ccc(Cl)cc3C(=O)Nc3cccnc32)cc1. The first-order valence-electron chi connectivity index (χ1n) is 12.2. The summed E-state index contributed by atoms with van der Waals surface area (Å²) in [6.45, 7) is 7.72. The maximum absolute atomic E-state index is 13.6. The molecule has 1 N–H and O–H groups in total. The highest BCUT2D eigenvalue weighted by Gasteiger charge is 2.30. The van der Waals surface area contributed by atoms with Crippen molar-refractivity contribution in [3.05, 3.63) is 82.5 Å². The molecule has 182 valence electrons. The van der Waals surface area contributed by atoms with Crippen molar-refractivity contribution in [2.45, 2.75) is 39.5 Å². The highest BCUT2D eigenvalue weighted by Crippen LogP contribution is 2.37. The van der Waals surface area contributed by atoms with E-state index in [4.69, 9.17) is 11.6 Å². The molecule has 0 aliphatic carbocycles. The number of nitrogens with zero attached hydrogens (tertiary/aromatic N) is 3. The van der Waals surface area contributed by atoms with Crippen LogP contribution in [0.2, 0.25) is 5.02 Å². The lowest BCUT2D eigenvalue weighted by Gasteiger charge is -2.23. The fourth-order valence-electron chi connectivity index (χ4n) is 4.40. The molecular weight excluding hydrogens is 460 g/mol. The van der Waals surface area contributed by atoms with E-state index in [-0.39, 0.29) is 18.2 Å². The molecule has 0 unspecified atom stereocenters. The summed E-state index contributed by atoms with van der Waals surface area (Å²) in [6, 6.07) is 16.7. The van der Waals surface area contributed by atoms with E-state index in [2.05, 4.69) is 41.2 Å². The highest BCUT2D eigenvalue weighted by molar-refractivity contribution is 6.31. The second-order valence-electron chi connectivity index (χ2n) is 8.70. The van der Waals surface area contributed by atoms with Gasteiger partial charge in [0.05, 0.1) is 23.4 Å². The van der Waals surface area contributed by atoms with Gasteiger partial charge in [0.25, 0.3) is 5.91 Å². The van der Waals surface area contributed by atoms with Crippen molar-refractivity contribution < 1.29 is 9.59 Å². The normalized spacial score (nSPS) is 12.7. The first-order valence-corrected chi connectivity index (χ1v) is 12.6. The van der Waals surface area contributed by atoms with E-state index in [0.717, 1.165) is 38.0 Å². The number of pyridine rings is 1. The average molecular weight is 491 g/mol. The quantitative estimate of drug-likeness (QED) is 0.381. The molecule has 2 amide bonds. The Labute approximate surface area is 211 Å². The summed E-state index contributed by atoms with van der Waals surface area (Å²) in [6.07, 6.45) is 5.15. The predicted octanol–water partition coefficient (Wildman–Crippen LogP) is 5.87. The van der Waals surface area contributed by atoms with Gasteiger partial charge in [-0.05, 0) is 80.4 Å². The number of benzene rings is 2. The number of hydrogen-bond donors (Lipinski definition) is 1. The topological polar surface area (TPSA) is 65.5 Å². The van der Waals surface area contributed by atoms with Crippen molar-refractivity contribution in [2.75, 3.05) is 29.9 Å². The summed E-state index contributed by atoms with van der Waals surface area (Å²) in [5.41, 5.74) is 3.48. The second-order valence-corrected chi connectivity index (χ2v) is 9.13. The fraction of sp³-hybridized carbons (Fsp3) is 0.321. The van der Waals surface area contributed by atoms with E-state index in [1.54, 1.807) is 36.5 Å². The van der Waals surface area contributed by atoms with Crippen molar-refractivity contribution in [1.82, 2.24) is 9.88 Å². The molecule has 0 fully saturated rings. The number of rotatable bonds is 9. The summed E-state index contributed by atoms with van der Waals surface area (Å²) in [5, 5.41) is 3.27. The number of anilines is 3. The Kier molecular flexibility index (Phi) is 8.16. The van der Waals surface area contributed by atoms with E-state index in [9.17, 15) is 9.59 Å². The largest absolute Gasteiger partial charge is 0.319 e. The van der Waals surface area contributed by atoms with Gasteiger partial charge in [-0.3, -0.25) is 14.5 Å². The molecule has 4 rings (SSSR count). The Hall–Kier alpha value is -3.22. The summed E-state index contributed by atoms with van der Waals surface area (Å²) in [5.74, 6) is -0.0915. The number of amides is 2. The number of aryl methyl sites for hydroxylation is 1. The minimum absolute atomic E-state index is 0.169. The minimum Gasteiger partial charge on any atom is -0.319 e. The maximum Gasteiger partial charge on any atom is 0.257 e. The number of carbonyl (C=O) groups is 2. The Bertz CT molecular complexity index is 1190. The van der Waals surface area contributed by atoms with Crippen LogP contribution in [0.25, 0.3) is 0 Å². The van der Waals surface area contributed by atoms with Gasteiger partial charge in [0.2, 0.25) is 5.91 Å². The number of halogens is 1. The predicted molar refractivity (Wildman–Crippen MR) is 142 cm³/mol. The number of nitrogens with one attached hydrogen (secondary N) is 1. The number of fused-ring (bicyclic) bond motifs is 2. The highest BCUT2D eigenvalue weighted by atomic mass is 35.5. The van der Waals surface area contributed by atoms with Gasteiger partial charge in [0.15, 0.2) is 5.82 Å². The molecule has 35 heavy (non-hydrogen) atoms. The molecule has 0 atom stereocenters. The van der Waals surface area contributed by atoms with Gasteiger partial charge in [0.1, 0.15) is 0 Å². The zero-order valence-corrected chi connectivity index (χ0v) is 21.0. The molecule has 1 aromatic heterocycles. The van der Waals surface area contributed by atoms with Crippen molar-refractivity contribution in [3.63, 3.8) is 0 Å². The Balaban J connectivity index is 1.49. The molecular formula is C28H31ClN4O2. The Morgan fingerprint density at radius 2 is 1.77 bits per heavy atom. The molecule has 2 heterocycles. The van der Waals surface area contributed by atoms with Gasteiger partial charge >= 0.3 is 0 Å². The number of carbonyl (C=O) groups excluding carboxylic acids is 2. The first kappa shape index (κ1) is 24.9. The van der Waals surface area contributed by atoms with Crippen molar-refractivity contribution >= 4 is 40.6 Å². The molecule has 3 aromatic rings. The Morgan fingerprint density at radius 1 is 1.03 bits per heavy atom. The van der Waals surface area contributed by atoms with E-state index < -0.39 is 0 Å². The third-order valence-corrected chi connectivity index (χ3v) is 6.64. The zero-order chi connectivity index (χ0) is 24.8. The van der Waals surface area contributed by atoms with Crippen LogP contribution in [0.3, 0.4) is 0 Å². The van der Waals surface area contributed by atoms with Gasteiger partial charge in [-0.15, -0.1) is 0 Å². The lowest BCUT2D eigenvalue weighted by molar-refractivity contribution is -0.117. The van der Waals surface area contributed by atoms with Gasteiger partial charge < -0.3 is 10.2 Å². The number of hydrogen-bond acceptors (Lipinski definition) is 4. The molecule has 2 aromatic carbocycles. The third kappa shape index (κ3) is 5.89. The molecule has 0 radical (unpaired) electrons. The van der Waals surface area contributed by atoms with Crippen LogP contribution in [0.4, 0.5) is 17.2 Å². The van der Waals surface area contributed by atoms with Crippen LogP contribution >= 0.6 is 11.6 Å². The van der Waals surface area contributed by atoms with Gasteiger partial charge in [0, 0.05) is 11.2 Å². The lowest BCUT2D eigenvalue weighted by atomic mass is 10.0. The first-order chi connectivity index (χ1) is 17.0. The monoisotopic (exact) mass is 490 g/mol. The molecule has 0 saturated heterocycles. The van der Waals surface area contributed by atoms with Crippen LogP contribution in [-0.2, 0) is 17.6 Å². The standard InChI is InChI=1S/C28H31ClN4O2/c1-3-32(4-2)17-6-5-8-20-10-12-21(13-11-20)18-26(34)33-25-15-14-22(29)19-23(25)28(35)31-24-9-7-16-30-27(24)33/h7,9-16,19H,3-6,8,17-18H2,1-2H3,(H,31,35). The minimum atomic E-state index is -0.322. The molecule has 1 aliphatic heterocycles. The van der Waals surface area contributed by atoms with Crippen molar-refractivity contribution in [2.24, 2.45) is 0 Å². The molecule has 6 nitrogen and oxygen atoms in total. The van der Waals surface area contributed by atoms with Crippen LogP contribution in [0, 0.1) is 0 Å². The summed E-state index contributed by atoms with van der Waals surface area (Å²) < 4.78 is 0. The maximum atomic E-state index is 13.6. The lowest BCUT2D eigenvalue weighted by Crippen LogP contribution is -2.29. The van der Waals surface area contributed by atoms with Gasteiger partial charge in [-0.25, -0.2) is 4.98 Å². The second kappa shape index (κ2) is 11.5. The average Bonchev–Trinajstić information content (AvgIpc) is 2.98. The van der Waals surface area contributed by atoms with E-state index in [0.29, 0.717) is 27.8 Å². The molecule has 0 spiro atoms. The van der Waals surface area contributed by atoms with Crippen LogP contribution in [0.5, 0.6) is 0 Å². The van der Waals surface area contributed by atoms with Crippen molar-refractivity contribution in [1.29, 1.82) is 0 Å².